The topological polar surface area (TPSA) is 75.0 Å². The molecule has 2 unspecified atom stereocenters. The van der Waals surface area contributed by atoms with Crippen molar-refractivity contribution in [3.05, 3.63) is 47.0 Å². The van der Waals surface area contributed by atoms with Gasteiger partial charge in [0.05, 0.1) is 17.6 Å². The number of aryl methyl sites for hydroxylation is 1. The van der Waals surface area contributed by atoms with Gasteiger partial charge >= 0.3 is 0 Å². The quantitative estimate of drug-likeness (QED) is 0.554. The molecule has 6 rings (SSSR count). The zero-order valence-electron chi connectivity index (χ0n) is 18.1. The molecule has 4 heterocycles. The normalized spacial score (nSPS) is 23.8. The van der Waals surface area contributed by atoms with E-state index < -0.39 is 17.5 Å². The summed E-state index contributed by atoms with van der Waals surface area (Å²) in [5.41, 5.74) is 0.923. The molecule has 178 valence electrons. The molecule has 2 bridgehead atoms. The summed E-state index contributed by atoms with van der Waals surface area (Å²) in [6.07, 6.45) is 4.59. The second-order valence-corrected chi connectivity index (χ2v) is 9.45. The number of anilines is 4. The molecule has 2 fully saturated rings. The number of nitrogens with zero attached hydrogens (tertiary/aromatic N) is 7. The maximum absolute atomic E-state index is 14.5. The van der Waals surface area contributed by atoms with E-state index in [2.05, 4.69) is 30.5 Å². The van der Waals surface area contributed by atoms with Crippen LogP contribution in [0, 0.1) is 29.3 Å². The zero-order chi connectivity index (χ0) is 23.4. The SMILES string of the molecule is Fc1ccc(N2CCCn3nc(NC4C5CC[C@H]4CN(c4cnnc(Cl)c4)C5)nc32)c(F)c1F. The molecule has 1 aromatic carbocycles. The Hall–Kier alpha value is -3.08. The summed E-state index contributed by atoms with van der Waals surface area (Å²) in [5, 5.41) is 16.3. The number of hydrogen-bond donors (Lipinski definition) is 1. The number of rotatable bonds is 4. The second-order valence-electron chi connectivity index (χ2n) is 9.07. The highest BCUT2D eigenvalue weighted by Gasteiger charge is 2.43. The standard InChI is InChI=1S/C22H22ClF3N8/c23-17-8-14(9-27-30-17)32-10-12-2-3-13(11-32)20(12)28-21-29-22-33(6-1-7-34(22)31-21)16-5-4-15(24)18(25)19(16)26/h4-5,8-9,12-13,20H,1-3,6-7,10-11H2,(H,28,31)/t12-,13?,20?/m0/s1. The fourth-order valence-corrected chi connectivity index (χ4v) is 5.65. The molecule has 1 saturated heterocycles. The van der Waals surface area contributed by atoms with Gasteiger partial charge in [0, 0.05) is 38.3 Å². The summed E-state index contributed by atoms with van der Waals surface area (Å²) in [6, 6.07) is 4.21. The van der Waals surface area contributed by atoms with Crippen LogP contribution in [0.25, 0.3) is 0 Å². The summed E-state index contributed by atoms with van der Waals surface area (Å²) >= 11 is 6.02. The zero-order valence-corrected chi connectivity index (χ0v) is 18.9. The van der Waals surface area contributed by atoms with Gasteiger partial charge in [-0.15, -0.1) is 10.2 Å². The third-order valence-corrected chi connectivity index (χ3v) is 7.24. The van der Waals surface area contributed by atoms with Crippen molar-refractivity contribution in [1.82, 2.24) is 25.0 Å². The lowest BCUT2D eigenvalue weighted by atomic mass is 9.92. The highest BCUT2D eigenvalue weighted by atomic mass is 35.5. The summed E-state index contributed by atoms with van der Waals surface area (Å²) in [5.74, 6) is -2.25. The van der Waals surface area contributed by atoms with E-state index in [9.17, 15) is 13.2 Å². The fourth-order valence-electron chi connectivity index (χ4n) is 5.50. The van der Waals surface area contributed by atoms with E-state index in [1.807, 2.05) is 6.07 Å². The molecular weight excluding hydrogens is 469 g/mol. The van der Waals surface area contributed by atoms with Gasteiger partial charge in [0.25, 0.3) is 0 Å². The molecule has 0 amide bonds. The van der Waals surface area contributed by atoms with Crippen molar-refractivity contribution in [3.8, 4) is 0 Å². The predicted octanol–water partition coefficient (Wildman–Crippen LogP) is 4.01. The molecule has 8 nitrogen and oxygen atoms in total. The average Bonchev–Trinajstić information content (AvgIpc) is 3.33. The van der Waals surface area contributed by atoms with Crippen LogP contribution < -0.4 is 15.1 Å². The molecule has 3 aromatic rings. The van der Waals surface area contributed by atoms with Crippen LogP contribution in [0.5, 0.6) is 0 Å². The van der Waals surface area contributed by atoms with Crippen LogP contribution in [0.3, 0.4) is 0 Å². The number of aromatic nitrogens is 5. The molecule has 34 heavy (non-hydrogen) atoms. The van der Waals surface area contributed by atoms with E-state index in [4.69, 9.17) is 11.6 Å². The lowest BCUT2D eigenvalue weighted by molar-refractivity contribution is 0.376. The lowest BCUT2D eigenvalue weighted by Gasteiger charge is -2.39. The Balaban J connectivity index is 1.22. The second kappa shape index (κ2) is 8.30. The molecule has 2 aromatic heterocycles. The van der Waals surface area contributed by atoms with Gasteiger partial charge in [0.15, 0.2) is 22.6 Å². The minimum absolute atomic E-state index is 0.0446. The van der Waals surface area contributed by atoms with Crippen molar-refractivity contribution < 1.29 is 13.2 Å². The first-order valence-electron chi connectivity index (χ1n) is 11.3. The van der Waals surface area contributed by atoms with Crippen LogP contribution in [0.1, 0.15) is 19.3 Å². The van der Waals surface area contributed by atoms with Crippen LogP contribution in [-0.2, 0) is 6.54 Å². The maximum Gasteiger partial charge on any atom is 0.244 e. The largest absolute Gasteiger partial charge is 0.369 e. The smallest absolute Gasteiger partial charge is 0.244 e. The van der Waals surface area contributed by atoms with Crippen molar-refractivity contribution in [2.45, 2.75) is 31.8 Å². The summed E-state index contributed by atoms with van der Waals surface area (Å²) < 4.78 is 43.5. The molecule has 3 aliphatic rings. The van der Waals surface area contributed by atoms with Crippen molar-refractivity contribution in [2.75, 3.05) is 34.8 Å². The Kier molecular flexibility index (Phi) is 5.23. The van der Waals surface area contributed by atoms with E-state index in [0.717, 1.165) is 37.7 Å². The van der Waals surface area contributed by atoms with Gasteiger partial charge in [-0.05, 0) is 43.2 Å². The number of halogens is 4. The Bertz CT molecular complexity index is 1220. The highest BCUT2D eigenvalue weighted by molar-refractivity contribution is 6.29. The van der Waals surface area contributed by atoms with E-state index >= 15 is 0 Å². The average molecular weight is 491 g/mol. The van der Waals surface area contributed by atoms with Crippen LogP contribution >= 0.6 is 11.6 Å². The van der Waals surface area contributed by atoms with Gasteiger partial charge in [-0.2, -0.15) is 10.1 Å². The van der Waals surface area contributed by atoms with Gasteiger partial charge in [0.1, 0.15) is 0 Å². The van der Waals surface area contributed by atoms with E-state index in [1.165, 1.54) is 6.07 Å². The molecule has 1 saturated carbocycles. The van der Waals surface area contributed by atoms with Gasteiger partial charge < -0.3 is 15.1 Å². The summed E-state index contributed by atoms with van der Waals surface area (Å²) in [4.78, 5) is 8.46. The van der Waals surface area contributed by atoms with Gasteiger partial charge in [-0.1, -0.05) is 11.6 Å². The van der Waals surface area contributed by atoms with Crippen molar-refractivity contribution in [3.63, 3.8) is 0 Å². The lowest BCUT2D eigenvalue weighted by Crippen LogP contribution is -2.48. The van der Waals surface area contributed by atoms with Gasteiger partial charge in [-0.25, -0.2) is 17.9 Å². The number of fused-ring (bicyclic) bond motifs is 3. The van der Waals surface area contributed by atoms with Crippen LogP contribution in [0.2, 0.25) is 5.15 Å². The predicted molar refractivity (Wildman–Crippen MR) is 121 cm³/mol. The molecule has 1 aliphatic carbocycles. The molecular formula is C22H22ClF3N8. The summed E-state index contributed by atoms with van der Waals surface area (Å²) in [7, 11) is 0. The van der Waals surface area contributed by atoms with Crippen molar-refractivity contribution >= 4 is 34.9 Å². The number of piperidine rings is 1. The summed E-state index contributed by atoms with van der Waals surface area (Å²) in [6.45, 7) is 2.77. The highest BCUT2D eigenvalue weighted by Crippen LogP contribution is 2.40. The van der Waals surface area contributed by atoms with E-state index in [1.54, 1.807) is 15.8 Å². The Morgan fingerprint density at radius 1 is 1.03 bits per heavy atom. The number of benzene rings is 1. The third-order valence-electron chi connectivity index (χ3n) is 7.06. The Morgan fingerprint density at radius 3 is 2.59 bits per heavy atom. The first-order valence-corrected chi connectivity index (χ1v) is 11.7. The van der Waals surface area contributed by atoms with E-state index in [-0.39, 0.29) is 11.7 Å². The van der Waals surface area contributed by atoms with Crippen LogP contribution in [-0.4, -0.2) is 50.6 Å². The number of hydrogen-bond acceptors (Lipinski definition) is 7. The van der Waals surface area contributed by atoms with Crippen LogP contribution in [0.4, 0.5) is 36.4 Å². The number of nitrogens with one attached hydrogen (secondary N) is 1. The molecule has 0 spiro atoms. The molecule has 2 aliphatic heterocycles. The van der Waals surface area contributed by atoms with Crippen molar-refractivity contribution in [1.29, 1.82) is 0 Å². The monoisotopic (exact) mass is 490 g/mol. The first kappa shape index (κ1) is 21.5. The fraction of sp³-hybridized carbons (Fsp3) is 0.455. The van der Waals surface area contributed by atoms with Crippen molar-refractivity contribution in [2.24, 2.45) is 11.8 Å². The minimum Gasteiger partial charge on any atom is -0.369 e. The van der Waals surface area contributed by atoms with E-state index in [0.29, 0.717) is 48.4 Å². The van der Waals surface area contributed by atoms with Gasteiger partial charge in [-0.3, -0.25) is 0 Å². The molecule has 12 heteroatoms. The Morgan fingerprint density at radius 2 is 1.82 bits per heavy atom. The third kappa shape index (κ3) is 3.62. The van der Waals surface area contributed by atoms with Gasteiger partial charge in [0.2, 0.25) is 11.9 Å². The van der Waals surface area contributed by atoms with Crippen LogP contribution in [0.15, 0.2) is 24.4 Å². The Labute approximate surface area is 198 Å². The minimum atomic E-state index is -1.48. The first-order chi connectivity index (χ1) is 16.5. The molecule has 3 atom stereocenters. The maximum atomic E-state index is 14.5. The molecule has 0 radical (unpaired) electrons. The molecule has 1 N–H and O–H groups in total.